The molecule has 1 fully saturated rings. The highest BCUT2D eigenvalue weighted by Crippen LogP contribution is 2.37. The molecule has 0 unspecified atom stereocenters. The second kappa shape index (κ2) is 10.4. The van der Waals surface area contributed by atoms with E-state index >= 15 is 0 Å². The molecule has 0 atom stereocenters. The summed E-state index contributed by atoms with van der Waals surface area (Å²) in [6.45, 7) is 2.26. The third-order valence-corrected chi connectivity index (χ3v) is 5.55. The number of hydrogen-bond acceptors (Lipinski definition) is 3. The second-order valence-electron chi connectivity index (χ2n) is 7.78. The molecular weight excluding hydrogens is 389 g/mol. The number of nitrogens with zero attached hydrogens (tertiary/aromatic N) is 2. The Balaban J connectivity index is 1.49. The predicted molar refractivity (Wildman–Crippen MR) is 114 cm³/mol. The normalized spacial score (nSPS) is 20.1. The van der Waals surface area contributed by atoms with Gasteiger partial charge in [-0.1, -0.05) is 44.0 Å². The van der Waals surface area contributed by atoms with Crippen LogP contribution in [-0.4, -0.2) is 18.8 Å². The summed E-state index contributed by atoms with van der Waals surface area (Å²) in [7, 11) is 0. The molecule has 0 bridgehead atoms. The molecule has 1 aliphatic carbocycles. The Morgan fingerprint density at radius 1 is 0.867 bits per heavy atom. The summed E-state index contributed by atoms with van der Waals surface area (Å²) < 4.78 is 40.3. The lowest BCUT2D eigenvalue weighted by molar-refractivity contribution is -0.274. The molecule has 2 aromatic carbocycles. The summed E-state index contributed by atoms with van der Waals surface area (Å²) in [5, 5.41) is 7.99. The van der Waals surface area contributed by atoms with Crippen molar-refractivity contribution in [1.82, 2.24) is 0 Å². The Kier molecular flexibility index (Phi) is 7.66. The van der Waals surface area contributed by atoms with E-state index in [1.807, 2.05) is 0 Å². The van der Waals surface area contributed by atoms with Crippen molar-refractivity contribution in [2.45, 2.75) is 57.7 Å². The highest BCUT2D eigenvalue weighted by atomic mass is 19.4. The first kappa shape index (κ1) is 22.1. The highest BCUT2D eigenvalue weighted by molar-refractivity contribution is 5.82. The Morgan fingerprint density at radius 3 is 1.90 bits per heavy atom. The summed E-state index contributed by atoms with van der Waals surface area (Å²) in [6, 6.07) is 13.9. The van der Waals surface area contributed by atoms with Crippen LogP contribution >= 0.6 is 0 Å². The quantitative estimate of drug-likeness (QED) is 0.350. The van der Waals surface area contributed by atoms with E-state index in [-0.39, 0.29) is 5.75 Å². The van der Waals surface area contributed by atoms with Gasteiger partial charge in [-0.2, -0.15) is 10.2 Å². The summed E-state index contributed by atoms with van der Waals surface area (Å²) in [4.78, 5) is 0. The molecule has 30 heavy (non-hydrogen) atoms. The molecule has 0 amide bonds. The molecule has 1 saturated carbocycles. The van der Waals surface area contributed by atoms with Crippen LogP contribution in [0.1, 0.15) is 68.1 Å². The van der Waals surface area contributed by atoms with Crippen LogP contribution in [0.4, 0.5) is 13.2 Å². The Hall–Kier alpha value is -2.63. The van der Waals surface area contributed by atoms with E-state index in [9.17, 15) is 13.2 Å². The van der Waals surface area contributed by atoms with Crippen LogP contribution in [0, 0.1) is 5.92 Å². The van der Waals surface area contributed by atoms with Crippen LogP contribution in [0.3, 0.4) is 0 Å². The SMILES string of the molecule is CCCC1CCC(c2ccc(/C=N/N=C/c3ccc(OC(F)(F)F)cc3)cc2)CC1. The van der Waals surface area contributed by atoms with Crippen molar-refractivity contribution in [2.75, 3.05) is 0 Å². The van der Waals surface area contributed by atoms with E-state index < -0.39 is 6.36 Å². The van der Waals surface area contributed by atoms with Crippen LogP contribution in [-0.2, 0) is 0 Å². The lowest BCUT2D eigenvalue weighted by Gasteiger charge is -2.28. The monoisotopic (exact) mass is 416 g/mol. The summed E-state index contributed by atoms with van der Waals surface area (Å²) in [5.41, 5.74) is 2.99. The fourth-order valence-electron chi connectivity index (χ4n) is 4.00. The Labute approximate surface area is 175 Å². The van der Waals surface area contributed by atoms with Crippen molar-refractivity contribution in [3.63, 3.8) is 0 Å². The third kappa shape index (κ3) is 7.01. The fourth-order valence-corrected chi connectivity index (χ4v) is 4.00. The van der Waals surface area contributed by atoms with Crippen LogP contribution in [0.2, 0.25) is 0 Å². The fraction of sp³-hybridized carbons (Fsp3) is 0.417. The first-order valence-corrected chi connectivity index (χ1v) is 10.4. The van der Waals surface area contributed by atoms with Crippen LogP contribution in [0.25, 0.3) is 0 Å². The minimum absolute atomic E-state index is 0.262. The standard InChI is InChI=1S/C24H27F3N2O/c1-2-3-18-4-10-21(11-5-18)22-12-6-19(7-13-22)16-28-29-17-20-8-14-23(15-9-20)30-24(25,26)27/h6-9,12-18,21H,2-5,10-11H2,1H3/b28-16+,29-17+. The van der Waals surface area contributed by atoms with Gasteiger partial charge in [0.1, 0.15) is 5.75 Å². The van der Waals surface area contributed by atoms with Gasteiger partial charge in [0.15, 0.2) is 0 Å². The van der Waals surface area contributed by atoms with Gasteiger partial charge in [-0.15, -0.1) is 13.2 Å². The summed E-state index contributed by atoms with van der Waals surface area (Å²) >= 11 is 0. The van der Waals surface area contributed by atoms with Crippen molar-refractivity contribution < 1.29 is 17.9 Å². The molecular formula is C24H27F3N2O. The topological polar surface area (TPSA) is 34.0 Å². The minimum Gasteiger partial charge on any atom is -0.406 e. The third-order valence-electron chi connectivity index (χ3n) is 5.55. The largest absolute Gasteiger partial charge is 0.573 e. The molecule has 3 rings (SSSR count). The van der Waals surface area contributed by atoms with E-state index in [2.05, 4.69) is 46.1 Å². The number of hydrogen-bond donors (Lipinski definition) is 0. The maximum atomic E-state index is 12.2. The minimum atomic E-state index is -4.69. The molecule has 2 aromatic rings. The first-order chi connectivity index (χ1) is 14.4. The van der Waals surface area contributed by atoms with E-state index in [4.69, 9.17) is 0 Å². The molecule has 1 aliphatic rings. The highest BCUT2D eigenvalue weighted by Gasteiger charge is 2.30. The lowest BCUT2D eigenvalue weighted by atomic mass is 9.77. The zero-order valence-electron chi connectivity index (χ0n) is 17.1. The molecule has 3 nitrogen and oxygen atoms in total. The van der Waals surface area contributed by atoms with Crippen LogP contribution in [0.15, 0.2) is 58.7 Å². The van der Waals surface area contributed by atoms with Gasteiger partial charge in [-0.3, -0.25) is 0 Å². The predicted octanol–water partition coefficient (Wildman–Crippen LogP) is 7.11. The van der Waals surface area contributed by atoms with Crippen LogP contribution in [0.5, 0.6) is 5.75 Å². The summed E-state index contributed by atoms with van der Waals surface area (Å²) in [6.07, 6.45) is 6.31. The molecule has 0 radical (unpaired) electrons. The van der Waals surface area contributed by atoms with Gasteiger partial charge in [-0.25, -0.2) is 0 Å². The van der Waals surface area contributed by atoms with E-state index in [0.717, 1.165) is 11.5 Å². The van der Waals surface area contributed by atoms with Crippen LogP contribution < -0.4 is 4.74 Å². The molecule has 0 heterocycles. The van der Waals surface area contributed by atoms with Crippen molar-refractivity contribution in [2.24, 2.45) is 16.1 Å². The van der Waals surface area contributed by atoms with Gasteiger partial charge in [0.25, 0.3) is 0 Å². The molecule has 0 aliphatic heterocycles. The number of alkyl halides is 3. The Bertz CT molecular complexity index is 834. The van der Waals surface area contributed by atoms with E-state index in [1.54, 1.807) is 6.21 Å². The van der Waals surface area contributed by atoms with E-state index in [0.29, 0.717) is 11.5 Å². The smallest absolute Gasteiger partial charge is 0.406 e. The average Bonchev–Trinajstić information content (AvgIpc) is 2.73. The zero-order valence-corrected chi connectivity index (χ0v) is 17.1. The van der Waals surface area contributed by atoms with Gasteiger partial charge < -0.3 is 4.74 Å². The lowest BCUT2D eigenvalue weighted by Crippen LogP contribution is -2.16. The second-order valence-corrected chi connectivity index (χ2v) is 7.78. The Morgan fingerprint density at radius 2 is 1.40 bits per heavy atom. The first-order valence-electron chi connectivity index (χ1n) is 10.4. The molecule has 0 saturated heterocycles. The van der Waals surface area contributed by atoms with Gasteiger partial charge in [-0.05, 0) is 78.5 Å². The average molecular weight is 416 g/mol. The van der Waals surface area contributed by atoms with Crippen molar-refractivity contribution >= 4 is 12.4 Å². The zero-order chi connectivity index (χ0) is 21.4. The van der Waals surface area contributed by atoms with E-state index in [1.165, 1.54) is 74.6 Å². The van der Waals surface area contributed by atoms with Gasteiger partial charge >= 0.3 is 6.36 Å². The molecule has 0 N–H and O–H groups in total. The molecule has 6 heteroatoms. The van der Waals surface area contributed by atoms with Crippen molar-refractivity contribution in [3.8, 4) is 5.75 Å². The van der Waals surface area contributed by atoms with Gasteiger partial charge in [0, 0.05) is 0 Å². The molecule has 0 spiro atoms. The van der Waals surface area contributed by atoms with Gasteiger partial charge in [0.05, 0.1) is 12.4 Å². The van der Waals surface area contributed by atoms with Gasteiger partial charge in [0.2, 0.25) is 0 Å². The summed E-state index contributed by atoms with van der Waals surface area (Å²) in [5.74, 6) is 1.30. The number of benzene rings is 2. The number of rotatable bonds is 7. The number of halogens is 3. The van der Waals surface area contributed by atoms with Crippen molar-refractivity contribution in [1.29, 1.82) is 0 Å². The molecule has 0 aromatic heterocycles. The molecule has 160 valence electrons. The maximum absolute atomic E-state index is 12.2. The van der Waals surface area contributed by atoms with Crippen molar-refractivity contribution in [3.05, 3.63) is 65.2 Å². The number of ether oxygens (including phenoxy) is 1. The maximum Gasteiger partial charge on any atom is 0.573 e.